The van der Waals surface area contributed by atoms with E-state index in [9.17, 15) is 68.6 Å². The number of nitrogens with one attached hydrogen (secondary N) is 2. The van der Waals surface area contributed by atoms with Crippen molar-refractivity contribution in [2.45, 2.75) is 44.6 Å². The Labute approximate surface area is 304 Å². The maximum Gasteiger partial charge on any atom is 0.390 e. The Morgan fingerprint density at radius 2 is 1.16 bits per heavy atom. The minimum Gasteiger partial charge on any atom is -0.478 e. The molecule has 21 heteroatoms. The fraction of sp³-hybridized carbons (Fsp3) is 0.265. The predicted octanol–water partition coefficient (Wildman–Crippen LogP) is 6.13. The second-order valence-corrected chi connectivity index (χ2v) is 10.9. The molecular weight excluding hydrogens is 763 g/mol. The largest absolute Gasteiger partial charge is 0.478 e. The van der Waals surface area contributed by atoms with Gasteiger partial charge in [0.1, 0.15) is 17.5 Å². The fourth-order valence-electron chi connectivity index (χ4n) is 4.02. The number of aliphatic hydroxyl groups is 1. The number of hydrogen-bond donors (Lipinski definition) is 4. The Hall–Kier alpha value is -6.12. The van der Waals surface area contributed by atoms with E-state index in [0.717, 1.165) is 54.6 Å². The van der Waals surface area contributed by atoms with Gasteiger partial charge >= 0.3 is 18.3 Å². The van der Waals surface area contributed by atoms with Crippen LogP contribution in [-0.4, -0.2) is 76.2 Å². The molecule has 0 saturated carbocycles. The molecule has 0 bridgehead atoms. The topological polar surface area (TPSA) is 189 Å². The molecular formula is C34H29F9N4O8. The molecule has 0 saturated heterocycles. The maximum atomic E-state index is 13.9. The van der Waals surface area contributed by atoms with Crippen molar-refractivity contribution in [2.24, 2.45) is 0 Å². The standard InChI is InChI=1S/C15H15F4N3O3.C11H9F4NO2.C8H5FO3/c1-8-21-22-13(25-8)7-12(23)10-6-9(2-3-11(10)16)14(24)20-5-4-15(17,18)19;12-9-2-1-7(5-8(9)6-17)10(18)16-4-3-11(13,14)15;9-7-2-1-5(8(11)12)3-6(7)4-10/h2-3,6,12,23H,4-5,7H2,1H3,(H,20,24);1-2,5-6H,3-4H2,(H,16,18);1-4H,(H,11,12). The van der Waals surface area contributed by atoms with E-state index in [4.69, 9.17) is 9.52 Å². The quantitative estimate of drug-likeness (QED) is 0.0960. The van der Waals surface area contributed by atoms with E-state index < -0.39 is 79.6 Å². The highest BCUT2D eigenvalue weighted by molar-refractivity contribution is 5.96. The number of carboxylic acid groups (broad SMARTS) is 1. The summed E-state index contributed by atoms with van der Waals surface area (Å²) < 4.78 is 116. The number of alkyl halides is 6. The highest BCUT2D eigenvalue weighted by Crippen LogP contribution is 2.23. The number of carbonyl (C=O) groups excluding carboxylic acids is 4. The van der Waals surface area contributed by atoms with Gasteiger partial charge in [-0.1, -0.05) is 0 Å². The summed E-state index contributed by atoms with van der Waals surface area (Å²) in [5, 5.41) is 29.9. The van der Waals surface area contributed by atoms with Crippen LogP contribution in [0.1, 0.15) is 88.1 Å². The van der Waals surface area contributed by atoms with Crippen LogP contribution in [0.5, 0.6) is 0 Å². The summed E-state index contributed by atoms with van der Waals surface area (Å²) in [4.78, 5) is 54.2. The third-order valence-corrected chi connectivity index (χ3v) is 6.70. The van der Waals surface area contributed by atoms with Crippen LogP contribution in [0.2, 0.25) is 0 Å². The molecule has 4 aromatic rings. The lowest BCUT2D eigenvalue weighted by atomic mass is 10.0. The van der Waals surface area contributed by atoms with Crippen LogP contribution in [0.3, 0.4) is 0 Å². The number of rotatable bonds is 12. The Bertz CT molecular complexity index is 1970. The number of aromatic nitrogens is 2. The first kappa shape index (κ1) is 45.0. The van der Waals surface area contributed by atoms with Crippen LogP contribution in [0.4, 0.5) is 39.5 Å². The number of aliphatic hydroxyl groups excluding tert-OH is 1. The minimum absolute atomic E-state index is 0.0688. The van der Waals surface area contributed by atoms with E-state index in [1.165, 1.54) is 0 Å². The SMILES string of the molecule is Cc1nnc(CC(O)c2cc(C(=O)NCCC(F)(F)F)ccc2F)o1.O=Cc1cc(C(=O)NCCC(F)(F)F)ccc1F.O=Cc1cc(C(=O)O)ccc1F. The molecule has 0 spiro atoms. The molecule has 4 N–H and O–H groups in total. The summed E-state index contributed by atoms with van der Waals surface area (Å²) in [5.41, 5.74) is -0.994. The van der Waals surface area contributed by atoms with Gasteiger partial charge < -0.3 is 25.3 Å². The summed E-state index contributed by atoms with van der Waals surface area (Å²) >= 11 is 0. The first-order valence-corrected chi connectivity index (χ1v) is 15.3. The zero-order valence-corrected chi connectivity index (χ0v) is 28.1. The average Bonchev–Trinajstić information content (AvgIpc) is 3.51. The number of carbonyl (C=O) groups is 5. The van der Waals surface area contributed by atoms with Crippen molar-refractivity contribution in [3.8, 4) is 0 Å². The predicted molar refractivity (Wildman–Crippen MR) is 171 cm³/mol. The van der Waals surface area contributed by atoms with Crippen LogP contribution in [0.15, 0.2) is 59.0 Å². The molecule has 1 heterocycles. The molecule has 0 radical (unpaired) electrons. The number of hydrogen-bond acceptors (Lipinski definition) is 9. The number of halogens is 9. The van der Waals surface area contributed by atoms with Crippen molar-refractivity contribution >= 4 is 30.4 Å². The highest BCUT2D eigenvalue weighted by Gasteiger charge is 2.28. The van der Waals surface area contributed by atoms with Gasteiger partial charge in [-0.2, -0.15) is 26.3 Å². The Morgan fingerprint density at radius 1 is 0.727 bits per heavy atom. The summed E-state index contributed by atoms with van der Waals surface area (Å²) in [5.74, 6) is -4.68. The van der Waals surface area contributed by atoms with E-state index in [1.54, 1.807) is 6.92 Å². The molecule has 2 amide bonds. The molecule has 1 atom stereocenters. The van der Waals surface area contributed by atoms with Gasteiger partial charge in [0, 0.05) is 36.7 Å². The molecule has 0 aliphatic carbocycles. The van der Waals surface area contributed by atoms with Crippen LogP contribution in [0.25, 0.3) is 0 Å². The van der Waals surface area contributed by atoms with Gasteiger partial charge in [0.05, 0.1) is 42.1 Å². The van der Waals surface area contributed by atoms with Crippen LogP contribution >= 0.6 is 0 Å². The monoisotopic (exact) mass is 792 g/mol. The first-order chi connectivity index (χ1) is 25.6. The zero-order chi connectivity index (χ0) is 41.5. The van der Waals surface area contributed by atoms with Crippen LogP contribution < -0.4 is 10.6 Å². The van der Waals surface area contributed by atoms with Crippen molar-refractivity contribution in [3.63, 3.8) is 0 Å². The van der Waals surface area contributed by atoms with Gasteiger partial charge in [0.2, 0.25) is 11.8 Å². The maximum absolute atomic E-state index is 13.9. The van der Waals surface area contributed by atoms with Crippen molar-refractivity contribution in [2.75, 3.05) is 13.1 Å². The molecule has 4 rings (SSSR count). The molecule has 12 nitrogen and oxygen atoms in total. The number of aldehydes is 2. The lowest BCUT2D eigenvalue weighted by molar-refractivity contribution is -0.134. The number of aromatic carboxylic acids is 1. The molecule has 1 aromatic heterocycles. The van der Waals surface area contributed by atoms with Crippen molar-refractivity contribution in [3.05, 3.63) is 117 Å². The minimum atomic E-state index is -4.39. The molecule has 296 valence electrons. The molecule has 3 aromatic carbocycles. The second kappa shape index (κ2) is 20.4. The van der Waals surface area contributed by atoms with Gasteiger partial charge in [0.25, 0.3) is 11.8 Å². The van der Waals surface area contributed by atoms with Gasteiger partial charge in [0.15, 0.2) is 12.6 Å². The van der Waals surface area contributed by atoms with Gasteiger partial charge in [-0.15, -0.1) is 10.2 Å². The number of carboxylic acids is 1. The third-order valence-electron chi connectivity index (χ3n) is 6.70. The smallest absolute Gasteiger partial charge is 0.390 e. The van der Waals surface area contributed by atoms with Gasteiger partial charge in [-0.3, -0.25) is 19.2 Å². The van der Waals surface area contributed by atoms with Gasteiger partial charge in [-0.05, 0) is 54.6 Å². The van der Waals surface area contributed by atoms with E-state index >= 15 is 0 Å². The van der Waals surface area contributed by atoms with E-state index in [-0.39, 0.29) is 64.2 Å². The molecule has 55 heavy (non-hydrogen) atoms. The van der Waals surface area contributed by atoms with Gasteiger partial charge in [-0.25, -0.2) is 18.0 Å². The molecule has 0 fully saturated rings. The van der Waals surface area contributed by atoms with E-state index in [0.29, 0.717) is 0 Å². The molecule has 0 aliphatic heterocycles. The average molecular weight is 793 g/mol. The van der Waals surface area contributed by atoms with Crippen molar-refractivity contribution in [1.82, 2.24) is 20.8 Å². The third kappa shape index (κ3) is 15.8. The number of aryl methyl sites for hydroxylation is 1. The van der Waals surface area contributed by atoms with Crippen molar-refractivity contribution < 1.29 is 78.1 Å². The summed E-state index contributed by atoms with van der Waals surface area (Å²) in [6.07, 6.45) is -12.1. The fourth-order valence-corrected chi connectivity index (χ4v) is 4.02. The van der Waals surface area contributed by atoms with Crippen molar-refractivity contribution in [1.29, 1.82) is 0 Å². The summed E-state index contributed by atoms with van der Waals surface area (Å²) in [7, 11) is 0. The Morgan fingerprint density at radius 3 is 1.58 bits per heavy atom. The highest BCUT2D eigenvalue weighted by atomic mass is 19.4. The van der Waals surface area contributed by atoms with Crippen LogP contribution in [0, 0.1) is 24.4 Å². The van der Waals surface area contributed by atoms with Crippen LogP contribution in [-0.2, 0) is 6.42 Å². The number of nitrogens with zero attached hydrogens (tertiary/aromatic N) is 2. The number of amides is 2. The lowest BCUT2D eigenvalue weighted by Gasteiger charge is -2.12. The lowest BCUT2D eigenvalue weighted by Crippen LogP contribution is -2.28. The normalized spacial score (nSPS) is 11.5. The Balaban J connectivity index is 0.000000305. The summed E-state index contributed by atoms with van der Waals surface area (Å²) in [6.45, 7) is 0.379. The molecule has 1 unspecified atom stereocenters. The summed E-state index contributed by atoms with van der Waals surface area (Å²) in [6, 6.07) is 9.16. The Kier molecular flexibility index (Phi) is 16.7. The molecule has 0 aliphatic rings. The van der Waals surface area contributed by atoms with E-state index in [2.05, 4.69) is 15.5 Å². The van der Waals surface area contributed by atoms with E-state index in [1.807, 2.05) is 5.32 Å². The number of benzene rings is 3. The second-order valence-electron chi connectivity index (χ2n) is 10.9. The first-order valence-electron chi connectivity index (χ1n) is 15.3. The zero-order valence-electron chi connectivity index (χ0n) is 28.1.